The van der Waals surface area contributed by atoms with E-state index in [9.17, 15) is 0 Å². The van der Waals surface area contributed by atoms with Crippen molar-refractivity contribution in [2.24, 2.45) is 0 Å². The van der Waals surface area contributed by atoms with Gasteiger partial charge in [-0.25, -0.2) is 9.13 Å². The summed E-state index contributed by atoms with van der Waals surface area (Å²) in [5.41, 5.74) is 7.50. The molecule has 0 fully saturated rings. The maximum atomic E-state index is 2.50. The van der Waals surface area contributed by atoms with E-state index >= 15 is 0 Å². The van der Waals surface area contributed by atoms with E-state index in [2.05, 4.69) is 210 Å². The molecule has 8 heteroatoms. The first kappa shape index (κ1) is 43.2. The first-order valence-corrected chi connectivity index (χ1v) is 22.6. The summed E-state index contributed by atoms with van der Waals surface area (Å²) < 4.78 is 5.46. The lowest BCUT2D eigenvalue weighted by atomic mass is 10.1. The van der Waals surface area contributed by atoms with Crippen molar-refractivity contribution < 1.29 is 18.9 Å². The van der Waals surface area contributed by atoms with Gasteiger partial charge < -0.3 is 19.6 Å². The number of aromatic nitrogens is 2. The highest BCUT2D eigenvalue weighted by Crippen LogP contribution is 2.23. The van der Waals surface area contributed by atoms with Gasteiger partial charge in [0, 0.05) is 100 Å². The zero-order chi connectivity index (χ0) is 38.4. The van der Waals surface area contributed by atoms with E-state index in [1.165, 1.54) is 97.0 Å². The highest BCUT2D eigenvalue weighted by molar-refractivity contribution is 8.76. The van der Waals surface area contributed by atoms with Gasteiger partial charge in [-0.3, -0.25) is 0 Å². The molecule has 2 aromatic carbocycles. The van der Waals surface area contributed by atoms with Crippen molar-refractivity contribution in [1.29, 1.82) is 0 Å². The molecule has 0 spiro atoms. The third-order valence-corrected chi connectivity index (χ3v) is 12.6. The Morgan fingerprint density at radius 1 is 0.537 bits per heavy atom. The largest absolute Gasteiger partial charge is 0.374 e. The summed E-state index contributed by atoms with van der Waals surface area (Å²) in [5, 5.41) is 2.50. The second kappa shape index (κ2) is 24.1. The number of hydrogen-bond donors (Lipinski definition) is 1. The molecule has 0 aliphatic heterocycles. The lowest BCUT2D eigenvalue weighted by Crippen LogP contribution is -2.84. The maximum Gasteiger partial charge on any atom is 0.169 e. The monoisotopic (exact) mass is 768 g/mol. The van der Waals surface area contributed by atoms with Crippen LogP contribution in [0.25, 0.3) is 24.3 Å². The average molecular weight is 769 g/mol. The van der Waals surface area contributed by atoms with Gasteiger partial charge in [0.25, 0.3) is 0 Å². The number of aryl methyl sites for hydroxylation is 2. The number of nitrogens with zero attached hydrogens (tertiary/aromatic N) is 5. The summed E-state index contributed by atoms with van der Waals surface area (Å²) in [4.78, 5) is 4.77. The quantitative estimate of drug-likeness (QED) is 0.0323. The Morgan fingerprint density at radius 2 is 0.926 bits per heavy atom. The smallest absolute Gasteiger partial charge is 0.169 e. The number of benzene rings is 2. The molecule has 0 saturated carbocycles. The molecule has 4 rings (SSSR count). The zero-order valence-corrected chi connectivity index (χ0v) is 35.7. The first-order valence-electron chi connectivity index (χ1n) is 20.1. The minimum Gasteiger partial charge on any atom is -0.374 e. The molecule has 0 amide bonds. The Hall–Kier alpha value is -3.56. The summed E-state index contributed by atoms with van der Waals surface area (Å²) in [7, 11) is 13.3. The van der Waals surface area contributed by atoms with Crippen LogP contribution < -0.4 is 24.3 Å². The molecule has 0 bridgehead atoms. The Kier molecular flexibility index (Phi) is 19.2. The summed E-state index contributed by atoms with van der Waals surface area (Å²) in [6.07, 6.45) is 22.3. The third kappa shape index (κ3) is 16.4. The van der Waals surface area contributed by atoms with Gasteiger partial charge in [0.15, 0.2) is 24.8 Å². The topological polar surface area (TPSA) is 30.8 Å². The van der Waals surface area contributed by atoms with E-state index in [1.807, 2.05) is 0 Å². The van der Waals surface area contributed by atoms with Crippen molar-refractivity contribution >= 4 is 57.3 Å². The minimum atomic E-state index is 1.00. The van der Waals surface area contributed by atoms with Crippen molar-refractivity contribution in [3.63, 3.8) is 0 Å². The molecule has 4 aromatic rings. The Bertz CT molecular complexity index is 1650. The molecule has 290 valence electrons. The molecule has 2 N–H and O–H groups in total. The van der Waals surface area contributed by atoms with Gasteiger partial charge in [-0.15, -0.1) is 0 Å². The van der Waals surface area contributed by atoms with Crippen molar-refractivity contribution in [3.05, 3.63) is 120 Å². The van der Waals surface area contributed by atoms with Crippen LogP contribution in [-0.2, 0) is 13.1 Å². The summed E-state index contributed by atoms with van der Waals surface area (Å²) in [6, 6.07) is 26.5. The SMILES string of the molecule is CC[n+]1ccc(/C=C/c2ccc(N(C)CCC[NH2+]CCCSSCCC[N+](C)(C)CCCN(C)c3ccc(/C=C/c4cc[n+](CC)cc4)cc3)cc2)cc1. The van der Waals surface area contributed by atoms with Crippen molar-refractivity contribution in [1.82, 2.24) is 0 Å². The number of nitrogens with two attached hydrogens (primary N) is 1. The minimum absolute atomic E-state index is 1.00. The van der Waals surface area contributed by atoms with Gasteiger partial charge in [0.05, 0.1) is 40.3 Å². The van der Waals surface area contributed by atoms with Gasteiger partial charge in [0.2, 0.25) is 0 Å². The van der Waals surface area contributed by atoms with Gasteiger partial charge >= 0.3 is 0 Å². The van der Waals surface area contributed by atoms with E-state index in [1.54, 1.807) is 0 Å². The summed E-state index contributed by atoms with van der Waals surface area (Å²) in [5.74, 6) is 2.49. The van der Waals surface area contributed by atoms with Crippen LogP contribution in [0.15, 0.2) is 97.6 Å². The van der Waals surface area contributed by atoms with Crippen LogP contribution in [0.3, 0.4) is 0 Å². The summed E-state index contributed by atoms with van der Waals surface area (Å²) >= 11 is 0. The molecule has 54 heavy (non-hydrogen) atoms. The molecule has 0 unspecified atom stereocenters. The molecule has 0 atom stereocenters. The highest BCUT2D eigenvalue weighted by Gasteiger charge is 2.15. The van der Waals surface area contributed by atoms with Crippen LogP contribution in [0, 0.1) is 0 Å². The highest BCUT2D eigenvalue weighted by atomic mass is 33.1. The van der Waals surface area contributed by atoms with Crippen LogP contribution >= 0.6 is 21.6 Å². The Morgan fingerprint density at radius 3 is 1.39 bits per heavy atom. The van der Waals surface area contributed by atoms with Gasteiger partial charge in [0.1, 0.15) is 13.1 Å². The molecule has 2 aromatic heterocycles. The van der Waals surface area contributed by atoms with Crippen LogP contribution in [0.5, 0.6) is 0 Å². The van der Waals surface area contributed by atoms with Crippen LogP contribution in [-0.4, -0.2) is 83.4 Å². The lowest BCUT2D eigenvalue weighted by molar-refractivity contribution is -0.890. The first-order chi connectivity index (χ1) is 26.2. The van der Waals surface area contributed by atoms with Crippen LogP contribution in [0.4, 0.5) is 11.4 Å². The van der Waals surface area contributed by atoms with Gasteiger partial charge in [-0.05, 0) is 60.4 Å². The zero-order valence-electron chi connectivity index (χ0n) is 34.1. The predicted octanol–water partition coefficient (Wildman–Crippen LogP) is 7.80. The Labute approximate surface area is 336 Å². The second-order valence-electron chi connectivity index (χ2n) is 14.9. The van der Waals surface area contributed by atoms with E-state index < -0.39 is 0 Å². The predicted molar refractivity (Wildman–Crippen MR) is 239 cm³/mol. The molecule has 0 aliphatic carbocycles. The van der Waals surface area contributed by atoms with Crippen molar-refractivity contribution in [3.8, 4) is 0 Å². The molecule has 6 nitrogen and oxygen atoms in total. The van der Waals surface area contributed by atoms with E-state index in [4.69, 9.17) is 0 Å². The van der Waals surface area contributed by atoms with Crippen LogP contribution in [0.1, 0.15) is 61.8 Å². The second-order valence-corrected chi connectivity index (χ2v) is 17.6. The molecule has 0 aliphatic rings. The van der Waals surface area contributed by atoms with Crippen LogP contribution in [0.2, 0.25) is 0 Å². The molecule has 0 radical (unpaired) electrons. The molecular formula is C46H68N6S2+4. The van der Waals surface area contributed by atoms with E-state index in [0.717, 1.165) is 30.7 Å². The number of pyridine rings is 2. The standard InChI is InChI=1S/C46H67N6S2/c1-7-50-33-25-43(26-34-50)15-13-41-17-21-45(22-18-41)48(3)31-9-29-47-30-10-39-53-54-40-12-38-52(5,6)37-11-32-49(4)46-23-19-42(20-24-46)14-16-44-27-35-51(8-2)36-28-44/h13-28,33-36,47H,7-12,29-32,37-40H2,1-6H3/q+3/p+1. The van der Waals surface area contributed by atoms with E-state index in [0.29, 0.717) is 0 Å². The molecule has 2 heterocycles. The van der Waals surface area contributed by atoms with Gasteiger partial charge in [-0.1, -0.05) is 70.2 Å². The number of anilines is 2. The van der Waals surface area contributed by atoms with E-state index in [-0.39, 0.29) is 0 Å². The average Bonchev–Trinajstić information content (AvgIpc) is 3.20. The number of quaternary nitrogens is 2. The van der Waals surface area contributed by atoms with Crippen molar-refractivity contribution in [2.75, 3.05) is 88.8 Å². The number of rotatable bonds is 25. The fourth-order valence-electron chi connectivity index (χ4n) is 6.33. The molecular weight excluding hydrogens is 701 g/mol. The fraction of sp³-hybridized carbons (Fsp3) is 0.435. The lowest BCUT2D eigenvalue weighted by Gasteiger charge is -2.31. The Balaban J connectivity index is 0.968. The third-order valence-electron chi connectivity index (χ3n) is 10.0. The van der Waals surface area contributed by atoms with Crippen molar-refractivity contribution in [2.45, 2.75) is 52.6 Å². The van der Waals surface area contributed by atoms with Gasteiger partial charge in [-0.2, -0.15) is 0 Å². The summed E-state index contributed by atoms with van der Waals surface area (Å²) in [6.45, 7) is 13.4. The fourth-order valence-corrected chi connectivity index (χ4v) is 8.51. The molecule has 0 saturated heterocycles. The number of hydrogen-bond acceptors (Lipinski definition) is 4. The normalized spacial score (nSPS) is 11.9. The maximum absolute atomic E-state index is 2.50.